The first-order chi connectivity index (χ1) is 21.1. The van der Waals surface area contributed by atoms with E-state index in [0.717, 1.165) is 11.1 Å². The quantitative estimate of drug-likeness (QED) is 0.150. The molecule has 0 bridgehead atoms. The van der Waals surface area contributed by atoms with E-state index in [0.29, 0.717) is 18.1 Å². The van der Waals surface area contributed by atoms with Gasteiger partial charge in [-0.15, -0.1) is 0 Å². The molecule has 0 fully saturated rings. The number of nitrogens with one attached hydrogen (secondary N) is 2. The minimum atomic E-state index is -1.57. The number of ether oxygens (including phenoxy) is 3. The molecule has 0 aromatic heterocycles. The molecule has 0 saturated heterocycles. The fourth-order valence-corrected chi connectivity index (χ4v) is 4.25. The Bertz CT molecular complexity index is 1380. The van der Waals surface area contributed by atoms with Gasteiger partial charge in [0.25, 0.3) is 5.91 Å². The summed E-state index contributed by atoms with van der Waals surface area (Å²) in [6, 6.07) is 20.3. The number of carbonyl (C=O) groups excluding carboxylic acids is 3. The maximum absolute atomic E-state index is 12.7. The number of amides is 2. The average Bonchev–Trinajstić information content (AvgIpc) is 3.02. The molecular formula is C32H37N3O9. The molecule has 3 aromatic rings. The lowest BCUT2D eigenvalue weighted by atomic mass is 9.99. The van der Waals surface area contributed by atoms with Crippen molar-refractivity contribution >= 4 is 23.8 Å². The molecule has 0 aliphatic rings. The number of benzene rings is 3. The molecule has 0 heterocycles. The van der Waals surface area contributed by atoms with Gasteiger partial charge in [-0.3, -0.25) is 14.4 Å². The Morgan fingerprint density at radius 2 is 1.50 bits per heavy atom. The van der Waals surface area contributed by atoms with Crippen molar-refractivity contribution in [2.45, 2.75) is 50.7 Å². The van der Waals surface area contributed by atoms with Gasteiger partial charge in [-0.2, -0.15) is 0 Å². The van der Waals surface area contributed by atoms with Crippen molar-refractivity contribution in [1.29, 1.82) is 0 Å². The second-order valence-electron chi connectivity index (χ2n) is 9.98. The first-order valence-corrected chi connectivity index (χ1v) is 13.9. The standard InChI is InChI=1S/C32H37N3O9/c1-20(30(32(40)41)35-31(39)23-10-14-24(42-2)15-11-23)44-29(38)17-27(36)26(34-28(37)18-33)16-21-8-12-25(13-9-21)43-19-22-6-4-3-5-7-22/h3-15,20,26-27,30,36H,16-19,33H2,1-2H3,(H,34,37)(H,35,39)(H,40,41)/t20-,26+,27+,30+/m1/s1. The van der Waals surface area contributed by atoms with Crippen LogP contribution in [0.3, 0.4) is 0 Å². The maximum atomic E-state index is 12.7. The smallest absolute Gasteiger partial charge is 0.330 e. The molecule has 2 amide bonds. The molecule has 6 N–H and O–H groups in total. The summed E-state index contributed by atoms with van der Waals surface area (Å²) in [6.45, 7) is 1.38. The Labute approximate surface area is 255 Å². The second kappa shape index (κ2) is 16.6. The maximum Gasteiger partial charge on any atom is 0.330 e. The summed E-state index contributed by atoms with van der Waals surface area (Å²) in [7, 11) is 1.47. The van der Waals surface area contributed by atoms with Crippen LogP contribution in [0.5, 0.6) is 11.5 Å². The first kappa shape index (κ1) is 33.6. The summed E-state index contributed by atoms with van der Waals surface area (Å²) in [4.78, 5) is 49.2. The molecule has 3 rings (SSSR count). The predicted molar refractivity (Wildman–Crippen MR) is 160 cm³/mol. The highest BCUT2D eigenvalue weighted by molar-refractivity contribution is 5.96. The van der Waals surface area contributed by atoms with E-state index in [4.69, 9.17) is 19.9 Å². The first-order valence-electron chi connectivity index (χ1n) is 13.9. The lowest BCUT2D eigenvalue weighted by molar-refractivity contribution is -0.156. The molecule has 0 saturated carbocycles. The highest BCUT2D eigenvalue weighted by atomic mass is 16.5. The van der Waals surface area contributed by atoms with E-state index in [1.54, 1.807) is 36.4 Å². The van der Waals surface area contributed by atoms with Crippen LogP contribution in [0.2, 0.25) is 0 Å². The van der Waals surface area contributed by atoms with Gasteiger partial charge >= 0.3 is 11.9 Å². The van der Waals surface area contributed by atoms with Crippen molar-refractivity contribution in [2.75, 3.05) is 13.7 Å². The van der Waals surface area contributed by atoms with Crippen molar-refractivity contribution in [3.8, 4) is 11.5 Å². The van der Waals surface area contributed by atoms with E-state index in [1.165, 1.54) is 26.2 Å². The zero-order chi connectivity index (χ0) is 32.1. The van der Waals surface area contributed by atoms with Gasteiger partial charge in [0.1, 0.15) is 24.2 Å². The van der Waals surface area contributed by atoms with Crippen molar-refractivity contribution in [3.05, 3.63) is 95.6 Å². The topological polar surface area (TPSA) is 187 Å². The highest BCUT2D eigenvalue weighted by Crippen LogP contribution is 2.18. The number of aliphatic hydroxyl groups is 1. The van der Waals surface area contributed by atoms with E-state index in [1.807, 2.05) is 30.3 Å². The van der Waals surface area contributed by atoms with Crippen LogP contribution in [0.4, 0.5) is 0 Å². The molecule has 0 aliphatic heterocycles. The predicted octanol–water partition coefficient (Wildman–Crippen LogP) is 1.83. The molecular weight excluding hydrogens is 570 g/mol. The lowest BCUT2D eigenvalue weighted by Crippen LogP contribution is -2.50. The van der Waals surface area contributed by atoms with Crippen LogP contribution < -0.4 is 25.8 Å². The molecule has 3 aromatic carbocycles. The number of rotatable bonds is 16. The number of hydrogen-bond acceptors (Lipinski definition) is 9. The van der Waals surface area contributed by atoms with Crippen LogP contribution in [-0.4, -0.2) is 71.9 Å². The van der Waals surface area contributed by atoms with Gasteiger partial charge in [-0.05, 0) is 60.9 Å². The third-order valence-electron chi connectivity index (χ3n) is 6.69. The number of hydrogen-bond donors (Lipinski definition) is 5. The van der Waals surface area contributed by atoms with Crippen LogP contribution >= 0.6 is 0 Å². The molecule has 4 atom stereocenters. The molecule has 0 unspecified atom stereocenters. The Hall–Kier alpha value is -4.94. The van der Waals surface area contributed by atoms with Crippen LogP contribution in [0, 0.1) is 0 Å². The molecule has 12 heteroatoms. The zero-order valence-electron chi connectivity index (χ0n) is 24.5. The number of carboxylic acid groups (broad SMARTS) is 1. The van der Waals surface area contributed by atoms with Gasteiger partial charge in [0.15, 0.2) is 6.04 Å². The van der Waals surface area contributed by atoms with E-state index < -0.39 is 54.5 Å². The van der Waals surface area contributed by atoms with E-state index >= 15 is 0 Å². The van der Waals surface area contributed by atoms with Gasteiger partial charge in [0, 0.05) is 5.56 Å². The van der Waals surface area contributed by atoms with Crippen LogP contribution in [0.1, 0.15) is 34.8 Å². The minimum Gasteiger partial charge on any atom is -0.497 e. The van der Waals surface area contributed by atoms with Gasteiger partial charge in [0.2, 0.25) is 5.91 Å². The average molecular weight is 608 g/mol. The minimum absolute atomic E-state index is 0.157. The summed E-state index contributed by atoms with van der Waals surface area (Å²) in [5, 5.41) is 25.5. The Balaban J connectivity index is 1.59. The third kappa shape index (κ3) is 10.4. The van der Waals surface area contributed by atoms with Crippen LogP contribution in [0.15, 0.2) is 78.9 Å². The zero-order valence-corrected chi connectivity index (χ0v) is 24.5. The summed E-state index contributed by atoms with van der Waals surface area (Å²) in [5.74, 6) is -2.42. The fourth-order valence-electron chi connectivity index (χ4n) is 4.25. The van der Waals surface area contributed by atoms with Crippen LogP contribution in [0.25, 0.3) is 0 Å². The molecule has 12 nitrogen and oxygen atoms in total. The van der Waals surface area contributed by atoms with Crippen molar-refractivity contribution in [1.82, 2.24) is 10.6 Å². The highest BCUT2D eigenvalue weighted by Gasteiger charge is 2.31. The van der Waals surface area contributed by atoms with Crippen molar-refractivity contribution in [2.24, 2.45) is 5.73 Å². The van der Waals surface area contributed by atoms with E-state index in [-0.39, 0.29) is 18.5 Å². The fraction of sp³-hybridized carbons (Fsp3) is 0.312. The largest absolute Gasteiger partial charge is 0.497 e. The van der Waals surface area contributed by atoms with Gasteiger partial charge in [-0.1, -0.05) is 42.5 Å². The second-order valence-corrected chi connectivity index (χ2v) is 9.98. The Kier molecular flexibility index (Phi) is 12.7. The molecule has 44 heavy (non-hydrogen) atoms. The van der Waals surface area contributed by atoms with E-state index in [9.17, 15) is 29.4 Å². The molecule has 0 radical (unpaired) electrons. The third-order valence-corrected chi connectivity index (χ3v) is 6.69. The summed E-state index contributed by atoms with van der Waals surface area (Å²) in [5.41, 5.74) is 7.38. The number of carboxylic acids is 1. The van der Waals surface area contributed by atoms with Crippen molar-refractivity contribution in [3.63, 3.8) is 0 Å². The number of aliphatic hydroxyl groups excluding tert-OH is 1. The number of methoxy groups -OCH3 is 1. The lowest BCUT2D eigenvalue weighted by Gasteiger charge is -2.26. The summed E-state index contributed by atoms with van der Waals surface area (Å²) < 4.78 is 16.1. The molecule has 0 aliphatic carbocycles. The SMILES string of the molecule is COc1ccc(C(=O)N[C@H](C(=O)O)[C@@H](C)OC(=O)C[C@H](O)[C@H](Cc2ccc(OCc3ccccc3)cc2)NC(=O)CN)cc1. The number of esters is 1. The molecule has 0 spiro atoms. The van der Waals surface area contributed by atoms with Gasteiger partial charge < -0.3 is 40.8 Å². The van der Waals surface area contributed by atoms with E-state index in [2.05, 4.69) is 10.6 Å². The Morgan fingerprint density at radius 1 is 0.864 bits per heavy atom. The van der Waals surface area contributed by atoms with Gasteiger partial charge in [-0.25, -0.2) is 4.79 Å². The normalized spacial score (nSPS) is 13.5. The van der Waals surface area contributed by atoms with Gasteiger partial charge in [0.05, 0.1) is 32.2 Å². The Morgan fingerprint density at radius 3 is 2.09 bits per heavy atom. The monoisotopic (exact) mass is 607 g/mol. The van der Waals surface area contributed by atoms with Crippen LogP contribution in [-0.2, 0) is 32.1 Å². The summed E-state index contributed by atoms with van der Waals surface area (Å²) >= 11 is 0. The number of nitrogens with two attached hydrogens (primary N) is 1. The number of carbonyl (C=O) groups is 4. The molecule has 234 valence electrons. The number of aliphatic carboxylic acids is 1. The van der Waals surface area contributed by atoms with Crippen molar-refractivity contribution < 1.29 is 43.6 Å². The summed E-state index contributed by atoms with van der Waals surface area (Å²) in [6.07, 6.45) is -3.08.